The first-order chi connectivity index (χ1) is 10.8. The highest BCUT2D eigenvalue weighted by Crippen LogP contribution is 2.25. The van der Waals surface area contributed by atoms with E-state index in [2.05, 4.69) is 34.2 Å². The van der Waals surface area contributed by atoms with Gasteiger partial charge in [-0.2, -0.15) is 0 Å². The minimum absolute atomic E-state index is 0.190. The zero-order valence-electron chi connectivity index (χ0n) is 13.8. The number of nitrogens with one attached hydrogen (secondary N) is 1. The van der Waals surface area contributed by atoms with Crippen LogP contribution in [0.5, 0.6) is 5.75 Å². The van der Waals surface area contributed by atoms with Gasteiger partial charge in [0.25, 0.3) is 0 Å². The molecule has 0 bridgehead atoms. The summed E-state index contributed by atoms with van der Waals surface area (Å²) < 4.78 is 5.38. The topological polar surface area (TPSA) is 48.0 Å². The quantitative estimate of drug-likeness (QED) is 0.749. The second kappa shape index (κ2) is 9.10. The van der Waals surface area contributed by atoms with E-state index in [1.807, 2.05) is 12.1 Å². The molecule has 5 nitrogen and oxygen atoms in total. The number of hydrogen-bond acceptors (Lipinski definition) is 5. The number of benzene rings is 1. The molecular weight excluding hydrogens is 278 g/mol. The smallest absolute Gasteiger partial charge is 0.119 e. The molecule has 0 spiro atoms. The van der Waals surface area contributed by atoms with Gasteiger partial charge in [0.2, 0.25) is 0 Å². The van der Waals surface area contributed by atoms with Crippen molar-refractivity contribution in [2.24, 2.45) is 0 Å². The third kappa shape index (κ3) is 4.68. The van der Waals surface area contributed by atoms with Crippen LogP contribution >= 0.6 is 0 Å². The van der Waals surface area contributed by atoms with Gasteiger partial charge in [-0.05, 0) is 24.2 Å². The fourth-order valence-electron chi connectivity index (χ4n) is 3.08. The van der Waals surface area contributed by atoms with Crippen molar-refractivity contribution in [1.82, 2.24) is 15.1 Å². The van der Waals surface area contributed by atoms with E-state index in [-0.39, 0.29) is 12.6 Å². The minimum atomic E-state index is 0.190. The summed E-state index contributed by atoms with van der Waals surface area (Å²) in [6.45, 7) is 9.22. The summed E-state index contributed by atoms with van der Waals surface area (Å²) in [7, 11) is 1.70. The molecule has 1 aliphatic rings. The van der Waals surface area contributed by atoms with Crippen LogP contribution < -0.4 is 10.1 Å². The number of aliphatic hydroxyl groups is 1. The average molecular weight is 307 g/mol. The molecule has 0 amide bonds. The molecule has 1 aromatic rings. The first-order valence-corrected chi connectivity index (χ1v) is 8.20. The second-order valence-electron chi connectivity index (χ2n) is 5.70. The zero-order chi connectivity index (χ0) is 15.8. The Balaban J connectivity index is 2.18. The molecule has 0 saturated carbocycles. The molecule has 1 aliphatic heterocycles. The van der Waals surface area contributed by atoms with Crippen LogP contribution in [0.25, 0.3) is 0 Å². The summed E-state index contributed by atoms with van der Waals surface area (Å²) in [5, 5.41) is 12.8. The van der Waals surface area contributed by atoms with Crippen LogP contribution in [0.15, 0.2) is 24.3 Å². The van der Waals surface area contributed by atoms with Gasteiger partial charge in [-0.3, -0.25) is 9.80 Å². The van der Waals surface area contributed by atoms with Crippen LogP contribution in [0.1, 0.15) is 18.5 Å². The average Bonchev–Trinajstić information content (AvgIpc) is 2.59. The van der Waals surface area contributed by atoms with Gasteiger partial charge in [0.05, 0.1) is 13.7 Å². The molecule has 1 unspecified atom stereocenters. The Hall–Kier alpha value is -1.14. The van der Waals surface area contributed by atoms with E-state index >= 15 is 0 Å². The van der Waals surface area contributed by atoms with Crippen LogP contribution in [0.4, 0.5) is 0 Å². The van der Waals surface area contributed by atoms with Crippen molar-refractivity contribution in [1.29, 1.82) is 0 Å². The normalized spacial score (nSPS) is 17.6. The fraction of sp³-hybridized carbons (Fsp3) is 0.647. The molecule has 5 heteroatoms. The van der Waals surface area contributed by atoms with Gasteiger partial charge in [-0.25, -0.2) is 0 Å². The maximum atomic E-state index is 9.38. The van der Waals surface area contributed by atoms with Gasteiger partial charge in [0.1, 0.15) is 5.75 Å². The molecule has 22 heavy (non-hydrogen) atoms. The van der Waals surface area contributed by atoms with Crippen molar-refractivity contribution in [2.45, 2.75) is 13.0 Å². The largest absolute Gasteiger partial charge is 0.497 e. The van der Waals surface area contributed by atoms with E-state index in [4.69, 9.17) is 4.74 Å². The molecule has 1 heterocycles. The maximum Gasteiger partial charge on any atom is 0.119 e. The number of likely N-dealkylation sites (N-methyl/N-ethyl adjacent to an activating group) is 1. The van der Waals surface area contributed by atoms with Gasteiger partial charge >= 0.3 is 0 Å². The van der Waals surface area contributed by atoms with Crippen LogP contribution in [-0.2, 0) is 0 Å². The van der Waals surface area contributed by atoms with Gasteiger partial charge < -0.3 is 15.2 Å². The third-order valence-electron chi connectivity index (χ3n) is 4.35. The van der Waals surface area contributed by atoms with Crippen LogP contribution in [0, 0.1) is 0 Å². The lowest BCUT2D eigenvalue weighted by Crippen LogP contribution is -2.47. The molecule has 1 saturated heterocycles. The van der Waals surface area contributed by atoms with E-state index in [9.17, 15) is 5.11 Å². The predicted molar refractivity (Wildman–Crippen MR) is 89.4 cm³/mol. The molecular formula is C17H29N3O2. The SMILES string of the molecule is CCN(CCO)C(CN1CCNCC1)c1cccc(OC)c1. The Morgan fingerprint density at radius 1 is 1.36 bits per heavy atom. The van der Waals surface area contributed by atoms with Crippen molar-refractivity contribution in [2.75, 3.05) is 59.5 Å². The molecule has 124 valence electrons. The molecule has 1 aromatic carbocycles. The summed E-state index contributed by atoms with van der Waals surface area (Å²) in [6, 6.07) is 8.59. The number of hydrogen-bond donors (Lipinski definition) is 2. The Kier molecular flexibility index (Phi) is 7.12. The van der Waals surface area contributed by atoms with E-state index in [0.29, 0.717) is 6.54 Å². The van der Waals surface area contributed by atoms with E-state index in [1.54, 1.807) is 7.11 Å². The Morgan fingerprint density at radius 3 is 2.77 bits per heavy atom. The summed E-state index contributed by atoms with van der Waals surface area (Å²) in [4.78, 5) is 4.84. The molecule has 0 radical (unpaired) electrons. The predicted octanol–water partition coefficient (Wildman–Crippen LogP) is 0.956. The van der Waals surface area contributed by atoms with Crippen molar-refractivity contribution in [3.8, 4) is 5.75 Å². The molecule has 2 N–H and O–H groups in total. The Bertz CT molecular complexity index is 436. The molecule has 0 aliphatic carbocycles. The lowest BCUT2D eigenvalue weighted by Gasteiger charge is -2.36. The first kappa shape index (κ1) is 17.2. The fourth-order valence-corrected chi connectivity index (χ4v) is 3.08. The highest BCUT2D eigenvalue weighted by molar-refractivity contribution is 5.31. The summed E-state index contributed by atoms with van der Waals surface area (Å²) in [5.41, 5.74) is 1.26. The lowest BCUT2D eigenvalue weighted by molar-refractivity contribution is 0.113. The zero-order valence-corrected chi connectivity index (χ0v) is 13.8. The summed E-state index contributed by atoms with van der Waals surface area (Å²) in [6.07, 6.45) is 0. The summed E-state index contributed by atoms with van der Waals surface area (Å²) >= 11 is 0. The van der Waals surface area contributed by atoms with E-state index < -0.39 is 0 Å². The van der Waals surface area contributed by atoms with Gasteiger partial charge in [-0.15, -0.1) is 0 Å². The van der Waals surface area contributed by atoms with Crippen LogP contribution in [0.2, 0.25) is 0 Å². The van der Waals surface area contributed by atoms with Gasteiger partial charge in [-0.1, -0.05) is 19.1 Å². The lowest BCUT2D eigenvalue weighted by atomic mass is 10.0. The third-order valence-corrected chi connectivity index (χ3v) is 4.35. The van der Waals surface area contributed by atoms with Crippen molar-refractivity contribution < 1.29 is 9.84 Å². The van der Waals surface area contributed by atoms with Crippen LogP contribution in [-0.4, -0.2) is 74.4 Å². The van der Waals surface area contributed by atoms with Crippen molar-refractivity contribution >= 4 is 0 Å². The van der Waals surface area contributed by atoms with Crippen molar-refractivity contribution in [3.63, 3.8) is 0 Å². The van der Waals surface area contributed by atoms with Gasteiger partial charge in [0, 0.05) is 45.3 Å². The Morgan fingerprint density at radius 2 is 2.14 bits per heavy atom. The molecule has 0 aromatic heterocycles. The minimum Gasteiger partial charge on any atom is -0.497 e. The monoisotopic (exact) mass is 307 g/mol. The number of nitrogens with zero attached hydrogens (tertiary/aromatic N) is 2. The van der Waals surface area contributed by atoms with Crippen LogP contribution in [0.3, 0.4) is 0 Å². The Labute approximate surface area is 133 Å². The molecule has 1 atom stereocenters. The standard InChI is InChI=1S/C17H29N3O2/c1-3-20(11-12-21)17(14-19-9-7-18-8-10-19)15-5-4-6-16(13-15)22-2/h4-6,13,17-18,21H,3,7-12,14H2,1-2H3. The maximum absolute atomic E-state index is 9.38. The number of methoxy groups -OCH3 is 1. The first-order valence-electron chi connectivity index (χ1n) is 8.20. The number of piperazine rings is 1. The molecule has 2 rings (SSSR count). The van der Waals surface area contributed by atoms with E-state index in [1.165, 1.54) is 5.56 Å². The number of rotatable bonds is 8. The highest BCUT2D eigenvalue weighted by Gasteiger charge is 2.23. The number of aliphatic hydroxyl groups excluding tert-OH is 1. The number of ether oxygens (including phenoxy) is 1. The molecule has 1 fully saturated rings. The highest BCUT2D eigenvalue weighted by atomic mass is 16.5. The van der Waals surface area contributed by atoms with Crippen molar-refractivity contribution in [3.05, 3.63) is 29.8 Å². The second-order valence-corrected chi connectivity index (χ2v) is 5.70. The van der Waals surface area contributed by atoms with E-state index in [0.717, 1.165) is 45.0 Å². The van der Waals surface area contributed by atoms with Gasteiger partial charge in [0.15, 0.2) is 0 Å². The summed E-state index contributed by atoms with van der Waals surface area (Å²) in [5.74, 6) is 0.892.